The van der Waals surface area contributed by atoms with Gasteiger partial charge in [-0.3, -0.25) is 19.3 Å². The number of amides is 1. The number of benzene rings is 2. The van der Waals surface area contributed by atoms with E-state index in [2.05, 4.69) is 11.9 Å². The molecule has 2 aliphatic rings. The maximum Gasteiger partial charge on any atom is 0.301 e. The first kappa shape index (κ1) is 26.6. The summed E-state index contributed by atoms with van der Waals surface area (Å²) in [5.41, 5.74) is 2.36. The lowest BCUT2D eigenvalue weighted by atomic mass is 9.94. The van der Waals surface area contributed by atoms with E-state index in [0.717, 1.165) is 35.5 Å². The zero-order chi connectivity index (χ0) is 27.8. The second-order valence-electron chi connectivity index (χ2n) is 9.87. The van der Waals surface area contributed by atoms with Gasteiger partial charge in [0.15, 0.2) is 10.9 Å². The molecule has 1 fully saturated rings. The SMILES string of the molecule is CCCCOc1cccc([C@@H]2/C(=C(\O)c3ccc4c(c3)C[C@@H](C)O4)C(=O)C(=O)N2c2nc(C)c(C(C)=O)s2)c1. The fraction of sp³-hybridized carbons (Fsp3) is 0.333. The Labute approximate surface area is 230 Å². The number of ether oxygens (including phenoxy) is 2. The van der Waals surface area contributed by atoms with E-state index >= 15 is 0 Å². The standard InChI is InChI=1S/C30H30N2O6S/c1-5-6-12-37-22-9-7-8-19(15-22)25-24(26(34)20-10-11-23-21(14-20)13-16(2)38-23)27(35)29(36)32(25)30-31-17(3)28(39-30)18(4)33/h7-11,14-16,25,34H,5-6,12-13H2,1-4H3/b26-24+/t16-,25-/m1/s1. The Morgan fingerprint density at radius 2 is 2.03 bits per heavy atom. The van der Waals surface area contributed by atoms with E-state index in [1.165, 1.54) is 11.8 Å². The third-order valence-electron chi connectivity index (χ3n) is 6.87. The Hall–Kier alpha value is -3.98. The number of aliphatic hydroxyl groups is 1. The highest BCUT2D eigenvalue weighted by atomic mass is 32.1. The molecule has 3 heterocycles. The first-order chi connectivity index (χ1) is 18.7. The Morgan fingerprint density at radius 1 is 1.23 bits per heavy atom. The largest absolute Gasteiger partial charge is 0.507 e. The molecular formula is C30H30N2O6S. The Kier molecular flexibility index (Phi) is 7.27. The maximum atomic E-state index is 13.5. The van der Waals surface area contributed by atoms with Gasteiger partial charge in [0.25, 0.3) is 5.78 Å². The Balaban J connectivity index is 1.66. The molecule has 9 heteroatoms. The van der Waals surface area contributed by atoms with Crippen LogP contribution in [0.3, 0.4) is 0 Å². The molecular weight excluding hydrogens is 516 g/mol. The molecule has 3 aromatic rings. The van der Waals surface area contributed by atoms with Crippen molar-refractivity contribution in [2.75, 3.05) is 11.5 Å². The summed E-state index contributed by atoms with van der Waals surface area (Å²) in [6.07, 6.45) is 2.56. The number of hydrogen-bond acceptors (Lipinski definition) is 8. The van der Waals surface area contributed by atoms with E-state index < -0.39 is 17.7 Å². The predicted molar refractivity (Wildman–Crippen MR) is 149 cm³/mol. The van der Waals surface area contributed by atoms with Gasteiger partial charge in [0.05, 0.1) is 28.8 Å². The second-order valence-corrected chi connectivity index (χ2v) is 10.8. The van der Waals surface area contributed by atoms with E-state index in [1.54, 1.807) is 43.3 Å². The Bertz CT molecular complexity index is 1510. The van der Waals surface area contributed by atoms with Gasteiger partial charge >= 0.3 is 5.91 Å². The lowest BCUT2D eigenvalue weighted by molar-refractivity contribution is -0.132. The number of hydrogen-bond donors (Lipinski definition) is 1. The van der Waals surface area contributed by atoms with Crippen LogP contribution in [0.15, 0.2) is 48.0 Å². The van der Waals surface area contributed by atoms with E-state index in [0.29, 0.717) is 40.5 Å². The van der Waals surface area contributed by atoms with Crippen LogP contribution in [0.5, 0.6) is 11.5 Å². The molecule has 0 aliphatic carbocycles. The maximum absolute atomic E-state index is 13.5. The van der Waals surface area contributed by atoms with Gasteiger partial charge in [0.1, 0.15) is 23.4 Å². The van der Waals surface area contributed by atoms with Gasteiger partial charge < -0.3 is 14.6 Å². The number of anilines is 1. The van der Waals surface area contributed by atoms with Crippen molar-refractivity contribution < 1.29 is 29.0 Å². The third kappa shape index (κ3) is 4.94. The van der Waals surface area contributed by atoms with Gasteiger partial charge in [-0.2, -0.15) is 0 Å². The summed E-state index contributed by atoms with van der Waals surface area (Å²) in [6, 6.07) is 11.4. The molecule has 2 aromatic carbocycles. The number of carbonyl (C=O) groups is 3. The van der Waals surface area contributed by atoms with Crippen molar-refractivity contribution in [3.63, 3.8) is 0 Å². The van der Waals surface area contributed by atoms with E-state index in [1.807, 2.05) is 13.0 Å². The predicted octanol–water partition coefficient (Wildman–Crippen LogP) is 5.78. The highest BCUT2D eigenvalue weighted by Gasteiger charge is 2.48. The summed E-state index contributed by atoms with van der Waals surface area (Å²) in [4.78, 5) is 45.4. The lowest BCUT2D eigenvalue weighted by Gasteiger charge is -2.23. The molecule has 0 bridgehead atoms. The highest BCUT2D eigenvalue weighted by Crippen LogP contribution is 2.45. The number of ketones is 2. The van der Waals surface area contributed by atoms with E-state index in [9.17, 15) is 19.5 Å². The molecule has 1 saturated heterocycles. The van der Waals surface area contributed by atoms with Crippen molar-refractivity contribution >= 4 is 39.7 Å². The molecule has 1 amide bonds. The number of aryl methyl sites for hydroxylation is 1. The summed E-state index contributed by atoms with van der Waals surface area (Å²) in [7, 11) is 0. The normalized spacial score (nSPS) is 19.7. The minimum Gasteiger partial charge on any atom is -0.507 e. The first-order valence-corrected chi connectivity index (χ1v) is 13.8. The van der Waals surface area contributed by atoms with E-state index in [-0.39, 0.29) is 28.4 Å². The molecule has 5 rings (SSSR count). The molecule has 0 spiro atoms. The minimum atomic E-state index is -0.964. The summed E-state index contributed by atoms with van der Waals surface area (Å²) >= 11 is 1.06. The van der Waals surface area contributed by atoms with Crippen LogP contribution >= 0.6 is 11.3 Å². The fourth-order valence-corrected chi connectivity index (χ4v) is 5.98. The molecule has 8 nitrogen and oxygen atoms in total. The van der Waals surface area contributed by atoms with Crippen molar-refractivity contribution in [2.45, 2.75) is 59.1 Å². The van der Waals surface area contributed by atoms with Crippen molar-refractivity contribution in [2.24, 2.45) is 0 Å². The zero-order valence-electron chi connectivity index (χ0n) is 22.3. The number of carbonyl (C=O) groups excluding carboxylic acids is 3. The summed E-state index contributed by atoms with van der Waals surface area (Å²) in [5, 5.41) is 11.7. The van der Waals surface area contributed by atoms with Crippen molar-refractivity contribution in [3.8, 4) is 11.5 Å². The van der Waals surface area contributed by atoms with Gasteiger partial charge in [-0.15, -0.1) is 0 Å². The average molecular weight is 547 g/mol. The van der Waals surface area contributed by atoms with Crippen molar-refractivity contribution in [1.82, 2.24) is 4.98 Å². The van der Waals surface area contributed by atoms with Crippen LogP contribution in [0, 0.1) is 6.92 Å². The second kappa shape index (κ2) is 10.6. The average Bonchev–Trinajstić information content (AvgIpc) is 3.56. The van der Waals surface area contributed by atoms with Crippen molar-refractivity contribution in [1.29, 1.82) is 0 Å². The number of nitrogens with zero attached hydrogens (tertiary/aromatic N) is 2. The van der Waals surface area contributed by atoms with Crippen LogP contribution in [-0.2, 0) is 16.0 Å². The smallest absolute Gasteiger partial charge is 0.301 e. The molecule has 202 valence electrons. The van der Waals surface area contributed by atoms with Crippen LogP contribution in [0.25, 0.3) is 5.76 Å². The Morgan fingerprint density at radius 3 is 2.74 bits per heavy atom. The zero-order valence-corrected chi connectivity index (χ0v) is 23.1. The topological polar surface area (TPSA) is 106 Å². The van der Waals surface area contributed by atoms with Crippen LogP contribution < -0.4 is 14.4 Å². The fourth-order valence-electron chi connectivity index (χ4n) is 4.99. The van der Waals surface area contributed by atoms with Crippen LogP contribution in [-0.4, -0.2) is 40.3 Å². The summed E-state index contributed by atoms with van der Waals surface area (Å²) < 4.78 is 11.7. The molecule has 0 radical (unpaired) electrons. The number of Topliss-reactive ketones (excluding diaryl/α,β-unsaturated/α-hetero) is 2. The minimum absolute atomic E-state index is 0.0158. The molecule has 2 atom stereocenters. The van der Waals surface area contributed by atoms with Gasteiger partial charge in [-0.05, 0) is 61.7 Å². The van der Waals surface area contributed by atoms with Gasteiger partial charge in [-0.25, -0.2) is 4.98 Å². The molecule has 0 saturated carbocycles. The number of thiazole rings is 1. The van der Waals surface area contributed by atoms with Crippen LogP contribution in [0.2, 0.25) is 0 Å². The number of aliphatic hydroxyl groups excluding tert-OH is 1. The molecule has 1 aromatic heterocycles. The summed E-state index contributed by atoms with van der Waals surface area (Å²) in [6.45, 7) is 7.70. The number of unbranched alkanes of at least 4 members (excludes halogenated alkanes) is 1. The number of rotatable bonds is 8. The highest BCUT2D eigenvalue weighted by molar-refractivity contribution is 7.18. The monoisotopic (exact) mass is 546 g/mol. The van der Waals surface area contributed by atoms with Gasteiger partial charge in [-0.1, -0.05) is 36.8 Å². The molecule has 1 N–H and O–H groups in total. The number of fused-ring (bicyclic) bond motifs is 1. The third-order valence-corrected chi connectivity index (χ3v) is 8.12. The van der Waals surface area contributed by atoms with E-state index in [4.69, 9.17) is 9.47 Å². The van der Waals surface area contributed by atoms with Crippen molar-refractivity contribution in [3.05, 3.63) is 75.3 Å². The summed E-state index contributed by atoms with van der Waals surface area (Å²) in [5.74, 6) is -0.762. The van der Waals surface area contributed by atoms with Gasteiger partial charge in [0.2, 0.25) is 0 Å². The molecule has 39 heavy (non-hydrogen) atoms. The quantitative estimate of drug-likeness (QED) is 0.125. The van der Waals surface area contributed by atoms with Gasteiger partial charge in [0, 0.05) is 18.9 Å². The molecule has 0 unspecified atom stereocenters. The molecule has 2 aliphatic heterocycles. The van der Waals surface area contributed by atoms with Crippen LogP contribution in [0.1, 0.15) is 71.7 Å². The van der Waals surface area contributed by atoms with Crippen LogP contribution in [0.4, 0.5) is 5.13 Å². The lowest BCUT2D eigenvalue weighted by Crippen LogP contribution is -2.29. The first-order valence-electron chi connectivity index (χ1n) is 13.0. The number of aromatic nitrogens is 1.